The first-order valence-corrected chi connectivity index (χ1v) is 8.26. The number of hydrogen-bond acceptors (Lipinski definition) is 6. The van der Waals surface area contributed by atoms with E-state index in [0.717, 1.165) is 0 Å². The molecule has 0 bridgehead atoms. The van der Waals surface area contributed by atoms with Gasteiger partial charge in [0, 0.05) is 23.9 Å². The second-order valence-electron chi connectivity index (χ2n) is 5.93. The molecule has 0 unspecified atom stereocenters. The molecule has 0 aliphatic carbocycles. The van der Waals surface area contributed by atoms with Gasteiger partial charge in [0.15, 0.2) is 0 Å². The zero-order chi connectivity index (χ0) is 19.2. The third-order valence-electron chi connectivity index (χ3n) is 3.79. The smallest absolute Gasteiger partial charge is 0.253 e. The van der Waals surface area contributed by atoms with E-state index in [1.807, 2.05) is 0 Å². The molecule has 0 aliphatic heterocycles. The lowest BCUT2D eigenvalue weighted by Crippen LogP contribution is -2.35. The maximum absolute atomic E-state index is 13.1. The van der Waals surface area contributed by atoms with Crippen LogP contribution in [-0.2, 0) is 6.61 Å². The molecule has 7 nitrogen and oxygen atoms in total. The van der Waals surface area contributed by atoms with E-state index in [0.29, 0.717) is 28.3 Å². The maximum atomic E-state index is 13.1. The first kappa shape index (κ1) is 18.5. The average Bonchev–Trinajstić information content (AvgIpc) is 3.15. The first-order valence-electron chi connectivity index (χ1n) is 8.26. The number of nitrogens with zero attached hydrogens (tertiary/aromatic N) is 2. The highest BCUT2D eigenvalue weighted by Crippen LogP contribution is 2.23. The number of halogens is 1. The van der Waals surface area contributed by atoms with E-state index in [2.05, 4.69) is 15.5 Å². The summed E-state index contributed by atoms with van der Waals surface area (Å²) in [6.45, 7) is 1.70. The fourth-order valence-electron chi connectivity index (χ4n) is 2.31. The number of nitrogens with one attached hydrogen (secondary N) is 1. The molecular weight excluding hydrogens is 353 g/mol. The Labute approximate surface area is 154 Å². The fourth-order valence-corrected chi connectivity index (χ4v) is 2.31. The summed E-state index contributed by atoms with van der Waals surface area (Å²) < 4.78 is 23.7. The molecule has 0 saturated carbocycles. The predicted octanol–water partition coefficient (Wildman–Crippen LogP) is 2.57. The number of ether oxygens (including phenoxy) is 1. The van der Waals surface area contributed by atoms with Gasteiger partial charge >= 0.3 is 0 Å². The molecule has 3 aromatic rings. The molecule has 0 radical (unpaired) electrons. The van der Waals surface area contributed by atoms with Gasteiger partial charge in [0.25, 0.3) is 5.91 Å². The van der Waals surface area contributed by atoms with E-state index >= 15 is 0 Å². The van der Waals surface area contributed by atoms with Crippen LogP contribution in [0.25, 0.3) is 11.3 Å². The summed E-state index contributed by atoms with van der Waals surface area (Å²) in [6, 6.07) is 8.72. The van der Waals surface area contributed by atoms with Gasteiger partial charge in [-0.05, 0) is 37.3 Å². The lowest BCUT2D eigenvalue weighted by molar-refractivity contribution is 0.0922. The minimum Gasteiger partial charge on any atom is -0.473 e. The Morgan fingerprint density at radius 1 is 1.30 bits per heavy atom. The van der Waals surface area contributed by atoms with Gasteiger partial charge in [0.05, 0.1) is 17.7 Å². The van der Waals surface area contributed by atoms with Crippen LogP contribution in [0.4, 0.5) is 4.39 Å². The van der Waals surface area contributed by atoms with Crippen molar-refractivity contribution in [3.8, 4) is 17.1 Å². The first-order chi connectivity index (χ1) is 13.1. The van der Waals surface area contributed by atoms with Gasteiger partial charge in [-0.3, -0.25) is 4.79 Å². The summed E-state index contributed by atoms with van der Waals surface area (Å²) in [6.07, 6.45) is 2.85. The molecule has 8 heteroatoms. The van der Waals surface area contributed by atoms with Gasteiger partial charge in [-0.15, -0.1) is 0 Å². The van der Waals surface area contributed by atoms with Gasteiger partial charge in [-0.2, -0.15) is 0 Å². The zero-order valence-corrected chi connectivity index (χ0v) is 14.6. The number of amides is 1. The van der Waals surface area contributed by atoms with Gasteiger partial charge in [-0.1, -0.05) is 5.16 Å². The summed E-state index contributed by atoms with van der Waals surface area (Å²) >= 11 is 0. The molecule has 1 amide bonds. The lowest BCUT2D eigenvalue weighted by atomic mass is 10.1. The Morgan fingerprint density at radius 3 is 2.74 bits per heavy atom. The summed E-state index contributed by atoms with van der Waals surface area (Å²) in [4.78, 5) is 16.0. The van der Waals surface area contributed by atoms with Crippen molar-refractivity contribution in [1.82, 2.24) is 15.5 Å². The van der Waals surface area contributed by atoms with E-state index < -0.39 is 0 Å². The SMILES string of the molecule is C[C@H](CO)NC(=O)c1ccc(OCc2conc2-c2ccc(F)cc2)nc1. The molecule has 3 rings (SSSR count). The van der Waals surface area contributed by atoms with E-state index in [1.54, 1.807) is 31.2 Å². The van der Waals surface area contributed by atoms with Crippen molar-refractivity contribution in [1.29, 1.82) is 0 Å². The van der Waals surface area contributed by atoms with Crippen molar-refractivity contribution in [2.24, 2.45) is 0 Å². The highest BCUT2D eigenvalue weighted by atomic mass is 19.1. The van der Waals surface area contributed by atoms with Crippen LogP contribution in [0.2, 0.25) is 0 Å². The summed E-state index contributed by atoms with van der Waals surface area (Å²) in [7, 11) is 0. The van der Waals surface area contributed by atoms with Crippen molar-refractivity contribution in [2.45, 2.75) is 19.6 Å². The van der Waals surface area contributed by atoms with Crippen LogP contribution in [0.1, 0.15) is 22.8 Å². The molecule has 0 aliphatic rings. The van der Waals surface area contributed by atoms with Crippen molar-refractivity contribution < 1.29 is 23.6 Å². The number of rotatable bonds is 7. The number of carbonyl (C=O) groups excluding carboxylic acids is 1. The lowest BCUT2D eigenvalue weighted by Gasteiger charge is -2.10. The quantitative estimate of drug-likeness (QED) is 0.662. The molecule has 2 N–H and O–H groups in total. The highest BCUT2D eigenvalue weighted by Gasteiger charge is 2.13. The van der Waals surface area contributed by atoms with E-state index in [-0.39, 0.29) is 31.0 Å². The Bertz CT molecular complexity index is 894. The minimum absolute atomic E-state index is 0.143. The maximum Gasteiger partial charge on any atom is 0.253 e. The summed E-state index contributed by atoms with van der Waals surface area (Å²) in [5, 5.41) is 15.5. The fraction of sp³-hybridized carbons (Fsp3) is 0.211. The largest absolute Gasteiger partial charge is 0.473 e. The van der Waals surface area contributed by atoms with E-state index in [4.69, 9.17) is 14.4 Å². The van der Waals surface area contributed by atoms with Crippen LogP contribution in [0.3, 0.4) is 0 Å². The Hall–Kier alpha value is -3.26. The topological polar surface area (TPSA) is 97.5 Å². The monoisotopic (exact) mass is 371 g/mol. The minimum atomic E-state index is -0.341. The zero-order valence-electron chi connectivity index (χ0n) is 14.6. The number of benzene rings is 1. The molecule has 27 heavy (non-hydrogen) atoms. The van der Waals surface area contributed by atoms with Crippen LogP contribution in [0.5, 0.6) is 5.88 Å². The highest BCUT2D eigenvalue weighted by molar-refractivity contribution is 5.94. The standard InChI is InChI=1S/C19H18FN3O4/c1-12(9-24)22-19(25)14-4-7-17(21-8-14)26-10-15-11-27-23-18(15)13-2-5-16(20)6-3-13/h2-8,11-12,24H,9-10H2,1H3,(H,22,25)/t12-/m1/s1. The van der Waals surface area contributed by atoms with Gasteiger partial charge < -0.3 is 19.7 Å². The molecular formula is C19H18FN3O4. The summed E-state index contributed by atoms with van der Waals surface area (Å²) in [5.41, 5.74) is 2.31. The van der Waals surface area contributed by atoms with Crippen molar-refractivity contribution in [3.05, 3.63) is 65.8 Å². The van der Waals surface area contributed by atoms with Gasteiger partial charge in [0.1, 0.15) is 24.4 Å². The number of aliphatic hydroxyl groups excluding tert-OH is 1. The van der Waals surface area contributed by atoms with Gasteiger partial charge in [-0.25, -0.2) is 9.37 Å². The number of aliphatic hydroxyl groups is 1. The predicted molar refractivity (Wildman–Crippen MR) is 94.5 cm³/mol. The van der Waals surface area contributed by atoms with Crippen LogP contribution < -0.4 is 10.1 Å². The Morgan fingerprint density at radius 2 is 2.07 bits per heavy atom. The molecule has 2 aromatic heterocycles. The molecule has 140 valence electrons. The number of pyridine rings is 1. The van der Waals surface area contributed by atoms with E-state index in [1.165, 1.54) is 24.6 Å². The normalized spacial score (nSPS) is 11.8. The molecule has 0 fully saturated rings. The van der Waals surface area contributed by atoms with Crippen LogP contribution in [-0.4, -0.2) is 33.8 Å². The number of aromatic nitrogens is 2. The molecule has 1 aromatic carbocycles. The molecule has 0 spiro atoms. The van der Waals surface area contributed by atoms with Crippen molar-refractivity contribution >= 4 is 5.91 Å². The van der Waals surface area contributed by atoms with Crippen LogP contribution in [0, 0.1) is 5.82 Å². The number of carbonyl (C=O) groups is 1. The average molecular weight is 371 g/mol. The Balaban J connectivity index is 1.63. The second-order valence-corrected chi connectivity index (χ2v) is 5.93. The number of hydrogen-bond donors (Lipinski definition) is 2. The van der Waals surface area contributed by atoms with E-state index in [9.17, 15) is 9.18 Å². The van der Waals surface area contributed by atoms with Crippen LogP contribution >= 0.6 is 0 Å². The molecule has 1 atom stereocenters. The summed E-state index contributed by atoms with van der Waals surface area (Å²) in [5.74, 6) is -0.331. The second kappa shape index (κ2) is 8.41. The molecule has 2 heterocycles. The van der Waals surface area contributed by atoms with Gasteiger partial charge in [0.2, 0.25) is 5.88 Å². The van der Waals surface area contributed by atoms with Crippen molar-refractivity contribution in [2.75, 3.05) is 6.61 Å². The van der Waals surface area contributed by atoms with Crippen LogP contribution in [0.15, 0.2) is 53.4 Å². The molecule has 0 saturated heterocycles. The van der Waals surface area contributed by atoms with Crippen molar-refractivity contribution in [3.63, 3.8) is 0 Å². The third-order valence-corrected chi connectivity index (χ3v) is 3.79. The Kier molecular flexibility index (Phi) is 5.77. The third kappa shape index (κ3) is 4.68.